The van der Waals surface area contributed by atoms with E-state index in [0.29, 0.717) is 19.4 Å². The number of hydrogen-bond acceptors (Lipinski definition) is 4. The largest absolute Gasteiger partial charge is 0.394 e. The van der Waals surface area contributed by atoms with Crippen molar-refractivity contribution in [2.45, 2.75) is 37.8 Å². The fourth-order valence-corrected chi connectivity index (χ4v) is 1.48. The predicted octanol–water partition coefficient (Wildman–Crippen LogP) is 0.734. The molecule has 0 amide bonds. The van der Waals surface area contributed by atoms with Crippen LogP contribution in [-0.2, 0) is 0 Å². The van der Waals surface area contributed by atoms with Gasteiger partial charge in [-0.25, -0.2) is 0 Å². The van der Waals surface area contributed by atoms with E-state index in [1.165, 1.54) is 0 Å². The van der Waals surface area contributed by atoms with Crippen molar-refractivity contribution < 1.29 is 10.2 Å². The van der Waals surface area contributed by atoms with Crippen molar-refractivity contribution >= 4 is 0 Å². The van der Waals surface area contributed by atoms with Crippen LogP contribution in [-0.4, -0.2) is 35.0 Å². The molecular formula is C8H16N2O2. The lowest BCUT2D eigenvalue weighted by Crippen LogP contribution is -2.42. The van der Waals surface area contributed by atoms with Gasteiger partial charge in [-0.2, -0.15) is 10.2 Å². The summed E-state index contributed by atoms with van der Waals surface area (Å²) in [7, 11) is 0. The smallest absolute Gasteiger partial charge is 0.132 e. The Morgan fingerprint density at radius 2 is 2.33 bits per heavy atom. The Kier molecular flexibility index (Phi) is 3.17. The van der Waals surface area contributed by atoms with Crippen LogP contribution in [0.15, 0.2) is 10.2 Å². The zero-order chi connectivity index (χ0) is 9.03. The highest BCUT2D eigenvalue weighted by atomic mass is 16.3. The van der Waals surface area contributed by atoms with Crippen molar-refractivity contribution in [1.82, 2.24) is 0 Å². The van der Waals surface area contributed by atoms with Crippen molar-refractivity contribution in [3.63, 3.8) is 0 Å². The van der Waals surface area contributed by atoms with Gasteiger partial charge in [-0.15, -0.1) is 0 Å². The van der Waals surface area contributed by atoms with E-state index in [4.69, 9.17) is 5.11 Å². The molecule has 0 bridgehead atoms. The minimum absolute atomic E-state index is 0.0995. The lowest BCUT2D eigenvalue weighted by atomic mass is 9.89. The Labute approximate surface area is 72.3 Å². The van der Waals surface area contributed by atoms with Gasteiger partial charge in [0.1, 0.15) is 5.54 Å². The molecule has 1 rings (SSSR count). The van der Waals surface area contributed by atoms with Gasteiger partial charge < -0.3 is 10.2 Å². The van der Waals surface area contributed by atoms with Crippen molar-refractivity contribution in [3.8, 4) is 0 Å². The molecular weight excluding hydrogens is 156 g/mol. The summed E-state index contributed by atoms with van der Waals surface area (Å²) in [6, 6.07) is 0. The molecule has 1 aliphatic rings. The Morgan fingerprint density at radius 3 is 2.75 bits per heavy atom. The summed E-state index contributed by atoms with van der Waals surface area (Å²) in [5, 5.41) is 26.5. The molecule has 0 fully saturated rings. The number of azo groups is 1. The Bertz CT molecular complexity index is 172. The highest BCUT2D eigenvalue weighted by Gasteiger charge is 2.39. The summed E-state index contributed by atoms with van der Waals surface area (Å²) in [4.78, 5) is 0. The van der Waals surface area contributed by atoms with Gasteiger partial charge in [0, 0.05) is 6.42 Å². The van der Waals surface area contributed by atoms with E-state index in [1.54, 1.807) is 0 Å². The molecule has 4 nitrogen and oxygen atoms in total. The number of hydrogen-bond donors (Lipinski definition) is 2. The average Bonchev–Trinajstić information content (AvgIpc) is 2.54. The maximum Gasteiger partial charge on any atom is 0.132 e. The van der Waals surface area contributed by atoms with Crippen molar-refractivity contribution in [2.24, 2.45) is 10.2 Å². The van der Waals surface area contributed by atoms with Crippen LogP contribution in [0.2, 0.25) is 0 Å². The minimum atomic E-state index is -0.685. The lowest BCUT2D eigenvalue weighted by Gasteiger charge is -2.27. The first-order valence-corrected chi connectivity index (χ1v) is 4.43. The highest BCUT2D eigenvalue weighted by Crippen LogP contribution is 2.28. The molecule has 1 aliphatic heterocycles. The van der Waals surface area contributed by atoms with Gasteiger partial charge >= 0.3 is 0 Å². The molecule has 0 aromatic carbocycles. The van der Waals surface area contributed by atoms with Crippen LogP contribution in [0.1, 0.15) is 26.2 Å². The molecule has 0 radical (unpaired) electrons. The third-order valence-corrected chi connectivity index (χ3v) is 2.37. The number of rotatable bonds is 4. The number of aliphatic hydroxyl groups excluding tert-OH is 2. The van der Waals surface area contributed by atoms with Crippen LogP contribution in [0.5, 0.6) is 0 Å². The first-order valence-electron chi connectivity index (χ1n) is 4.43. The zero-order valence-electron chi connectivity index (χ0n) is 7.40. The molecule has 0 aromatic rings. The summed E-state index contributed by atoms with van der Waals surface area (Å²) in [5.41, 5.74) is -0.685. The monoisotopic (exact) mass is 172 g/mol. The van der Waals surface area contributed by atoms with E-state index in [9.17, 15) is 5.11 Å². The SMILES string of the molecule is CCC[C@@H](O)[C@@]1(CO)CCN=N1. The summed E-state index contributed by atoms with van der Waals surface area (Å²) in [6.45, 7) is 2.53. The normalized spacial score (nSPS) is 30.9. The van der Waals surface area contributed by atoms with Gasteiger partial charge in [0.25, 0.3) is 0 Å². The second-order valence-electron chi connectivity index (χ2n) is 3.28. The first kappa shape index (κ1) is 9.61. The molecule has 12 heavy (non-hydrogen) atoms. The van der Waals surface area contributed by atoms with Crippen LogP contribution >= 0.6 is 0 Å². The van der Waals surface area contributed by atoms with Gasteiger partial charge in [-0.1, -0.05) is 13.3 Å². The molecule has 0 unspecified atom stereocenters. The van der Waals surface area contributed by atoms with Crippen molar-refractivity contribution in [2.75, 3.05) is 13.2 Å². The summed E-state index contributed by atoms with van der Waals surface area (Å²) < 4.78 is 0. The van der Waals surface area contributed by atoms with Crippen LogP contribution in [0.25, 0.3) is 0 Å². The summed E-state index contributed by atoms with van der Waals surface area (Å²) in [6.07, 6.45) is 1.71. The first-order chi connectivity index (χ1) is 5.75. The van der Waals surface area contributed by atoms with Crippen molar-refractivity contribution in [1.29, 1.82) is 0 Å². The molecule has 0 aliphatic carbocycles. The molecule has 0 aromatic heterocycles. The standard InChI is InChI=1S/C8H16N2O2/c1-2-3-7(12)8(6-11)4-5-9-10-8/h7,11-12H,2-6H2,1H3/t7-,8+/m1/s1. The molecule has 4 heteroatoms. The predicted molar refractivity (Wildman–Crippen MR) is 45.1 cm³/mol. The van der Waals surface area contributed by atoms with Gasteiger partial charge in [0.05, 0.1) is 19.3 Å². The maximum atomic E-state index is 9.69. The highest BCUT2D eigenvalue weighted by molar-refractivity contribution is 4.96. The Morgan fingerprint density at radius 1 is 1.58 bits per heavy atom. The second kappa shape index (κ2) is 3.96. The van der Waals surface area contributed by atoms with Gasteiger partial charge in [-0.05, 0) is 6.42 Å². The molecule has 0 saturated heterocycles. The topological polar surface area (TPSA) is 65.2 Å². The van der Waals surface area contributed by atoms with Gasteiger partial charge in [-0.3, -0.25) is 0 Å². The quantitative estimate of drug-likeness (QED) is 0.656. The zero-order valence-corrected chi connectivity index (χ0v) is 7.40. The van der Waals surface area contributed by atoms with E-state index in [0.717, 1.165) is 6.42 Å². The van der Waals surface area contributed by atoms with E-state index in [2.05, 4.69) is 10.2 Å². The van der Waals surface area contributed by atoms with Crippen LogP contribution in [0.3, 0.4) is 0 Å². The van der Waals surface area contributed by atoms with Gasteiger partial charge in [0.2, 0.25) is 0 Å². The number of aliphatic hydroxyl groups is 2. The van der Waals surface area contributed by atoms with Crippen LogP contribution < -0.4 is 0 Å². The Balaban J connectivity index is 2.59. The van der Waals surface area contributed by atoms with Crippen LogP contribution in [0, 0.1) is 0 Å². The summed E-state index contributed by atoms with van der Waals surface area (Å²) in [5.74, 6) is 0. The lowest BCUT2D eigenvalue weighted by molar-refractivity contribution is 0.0396. The van der Waals surface area contributed by atoms with E-state index >= 15 is 0 Å². The minimum Gasteiger partial charge on any atom is -0.394 e. The molecule has 1 heterocycles. The van der Waals surface area contributed by atoms with E-state index < -0.39 is 11.6 Å². The van der Waals surface area contributed by atoms with Crippen LogP contribution in [0.4, 0.5) is 0 Å². The third-order valence-electron chi connectivity index (χ3n) is 2.37. The fourth-order valence-electron chi connectivity index (χ4n) is 1.48. The summed E-state index contributed by atoms with van der Waals surface area (Å²) >= 11 is 0. The molecule has 2 atom stereocenters. The van der Waals surface area contributed by atoms with E-state index in [1.807, 2.05) is 6.92 Å². The number of nitrogens with zero attached hydrogens (tertiary/aromatic N) is 2. The maximum absolute atomic E-state index is 9.69. The van der Waals surface area contributed by atoms with Crippen molar-refractivity contribution in [3.05, 3.63) is 0 Å². The third kappa shape index (κ3) is 1.64. The molecule has 0 spiro atoms. The van der Waals surface area contributed by atoms with Gasteiger partial charge in [0.15, 0.2) is 0 Å². The molecule has 70 valence electrons. The Hall–Kier alpha value is -0.480. The molecule has 2 N–H and O–H groups in total. The average molecular weight is 172 g/mol. The fraction of sp³-hybridized carbons (Fsp3) is 1.00. The van der Waals surface area contributed by atoms with E-state index in [-0.39, 0.29) is 6.61 Å². The second-order valence-corrected chi connectivity index (χ2v) is 3.28. The molecule has 0 saturated carbocycles.